The third-order valence-electron chi connectivity index (χ3n) is 4.97. The van der Waals surface area contributed by atoms with E-state index in [9.17, 15) is 14.4 Å². The number of nitrogens with zero attached hydrogens (tertiary/aromatic N) is 2. The Morgan fingerprint density at radius 2 is 2.06 bits per heavy atom. The van der Waals surface area contributed by atoms with Crippen LogP contribution in [0.3, 0.4) is 0 Å². The average molecular weight is 489 g/mol. The first-order chi connectivity index (χ1) is 15.4. The predicted octanol–water partition coefficient (Wildman–Crippen LogP) is 3.14. The fourth-order valence-corrected chi connectivity index (χ4v) is 6.95. The van der Waals surface area contributed by atoms with Crippen LogP contribution in [0.2, 0.25) is 0 Å². The molecule has 0 radical (unpaired) electrons. The molecule has 2 N–H and O–H groups in total. The van der Waals surface area contributed by atoms with E-state index in [-0.39, 0.29) is 23.1 Å². The minimum atomic E-state index is -0.175. The highest BCUT2D eigenvalue weighted by Crippen LogP contribution is 2.40. The van der Waals surface area contributed by atoms with Gasteiger partial charge in [-0.25, -0.2) is 4.98 Å². The molecule has 1 aromatic carbocycles. The largest absolute Gasteiger partial charge is 0.355 e. The van der Waals surface area contributed by atoms with Crippen LogP contribution >= 0.6 is 34.9 Å². The van der Waals surface area contributed by atoms with E-state index in [1.54, 1.807) is 27.7 Å². The molecule has 0 bridgehead atoms. The lowest BCUT2D eigenvalue weighted by Gasteiger charge is -2.14. The highest BCUT2D eigenvalue weighted by molar-refractivity contribution is 8.01. The number of carbonyl (C=O) groups excluding carboxylic acids is 2. The molecule has 7 nitrogen and oxygen atoms in total. The summed E-state index contributed by atoms with van der Waals surface area (Å²) < 4.78 is 2.82. The second kappa shape index (κ2) is 10.1. The summed E-state index contributed by atoms with van der Waals surface area (Å²) in [4.78, 5) is 42.5. The molecule has 0 saturated heterocycles. The molecular weight excluding hydrogens is 464 g/mol. The number of thioether (sulfide) groups is 2. The first-order valence-electron chi connectivity index (χ1n) is 10.4. The van der Waals surface area contributed by atoms with E-state index in [0.717, 1.165) is 40.2 Å². The van der Waals surface area contributed by atoms with Crippen LogP contribution < -0.4 is 16.2 Å². The summed E-state index contributed by atoms with van der Waals surface area (Å²) in [7, 11) is 0. The zero-order valence-corrected chi connectivity index (χ0v) is 20.3. The quantitative estimate of drug-likeness (QED) is 0.302. The molecule has 0 atom stereocenters. The smallest absolute Gasteiger partial charge is 0.267 e. The summed E-state index contributed by atoms with van der Waals surface area (Å²) in [5.74, 6) is 0.882. The molecule has 0 unspecified atom stereocenters. The number of benzene rings is 1. The SMILES string of the molecule is CC(=O)NCCNC(=O)CSc1nc2sc3c(c2c(=O)n1-c1cccc(C)c1)CCCS3. The Balaban J connectivity index is 1.66. The van der Waals surface area contributed by atoms with Gasteiger partial charge in [0.15, 0.2) is 5.16 Å². The van der Waals surface area contributed by atoms with Gasteiger partial charge in [-0.1, -0.05) is 23.9 Å². The highest BCUT2D eigenvalue weighted by atomic mass is 32.2. The van der Waals surface area contributed by atoms with Gasteiger partial charge in [-0.15, -0.1) is 23.1 Å². The molecule has 4 rings (SSSR count). The molecule has 1 aliphatic rings. The van der Waals surface area contributed by atoms with Gasteiger partial charge in [0, 0.05) is 20.0 Å². The van der Waals surface area contributed by atoms with Crippen molar-refractivity contribution in [1.29, 1.82) is 0 Å². The Labute approximate surface area is 198 Å². The van der Waals surface area contributed by atoms with Crippen LogP contribution in [0.25, 0.3) is 15.9 Å². The van der Waals surface area contributed by atoms with Gasteiger partial charge in [0.25, 0.3) is 5.56 Å². The maximum atomic E-state index is 13.7. The van der Waals surface area contributed by atoms with E-state index in [1.165, 1.54) is 22.9 Å². The van der Waals surface area contributed by atoms with Crippen molar-refractivity contribution in [2.45, 2.75) is 36.1 Å². The third-order valence-corrected chi connectivity index (χ3v) is 8.44. The Bertz CT molecular complexity index is 1240. The molecule has 0 fully saturated rings. The summed E-state index contributed by atoms with van der Waals surface area (Å²) in [6.07, 6.45) is 1.96. The maximum absolute atomic E-state index is 13.7. The molecular formula is C22H24N4O3S3. The molecule has 32 heavy (non-hydrogen) atoms. The number of rotatable bonds is 7. The standard InChI is InChI=1S/C22H24N4O3S3/c1-13-5-3-6-15(11-13)26-20(29)18-16-7-4-10-30-21(16)32-19(18)25-22(26)31-12-17(28)24-9-8-23-14(2)27/h3,5-6,11H,4,7-10,12H2,1-2H3,(H,23,27)(H,24,28). The summed E-state index contributed by atoms with van der Waals surface area (Å²) in [6.45, 7) is 4.15. The van der Waals surface area contributed by atoms with Crippen LogP contribution in [0.1, 0.15) is 24.5 Å². The minimum absolute atomic E-state index is 0.0748. The van der Waals surface area contributed by atoms with E-state index in [0.29, 0.717) is 23.6 Å². The second-order valence-electron chi connectivity index (χ2n) is 7.50. The first kappa shape index (κ1) is 22.9. The van der Waals surface area contributed by atoms with Crippen LogP contribution in [0, 0.1) is 6.92 Å². The summed E-state index contributed by atoms with van der Waals surface area (Å²) in [6, 6.07) is 7.76. The van der Waals surface area contributed by atoms with Gasteiger partial charge in [-0.3, -0.25) is 19.0 Å². The van der Waals surface area contributed by atoms with Crippen molar-refractivity contribution in [3.63, 3.8) is 0 Å². The maximum Gasteiger partial charge on any atom is 0.267 e. The lowest BCUT2D eigenvalue weighted by atomic mass is 10.1. The number of carbonyl (C=O) groups is 2. The fourth-order valence-electron chi connectivity index (χ4n) is 3.54. The Morgan fingerprint density at radius 1 is 1.25 bits per heavy atom. The van der Waals surface area contributed by atoms with Gasteiger partial charge >= 0.3 is 0 Å². The predicted molar refractivity (Wildman–Crippen MR) is 131 cm³/mol. The Hall–Kier alpha value is -2.30. The molecule has 10 heteroatoms. The van der Waals surface area contributed by atoms with Gasteiger partial charge in [-0.05, 0) is 48.8 Å². The highest BCUT2D eigenvalue weighted by Gasteiger charge is 2.23. The normalized spacial score (nSPS) is 13.1. The van der Waals surface area contributed by atoms with Crippen LogP contribution in [0.5, 0.6) is 0 Å². The molecule has 1 aliphatic heterocycles. The molecule has 0 aliphatic carbocycles. The van der Waals surface area contributed by atoms with Crippen molar-refractivity contribution < 1.29 is 9.59 Å². The first-order valence-corrected chi connectivity index (χ1v) is 13.1. The molecule has 2 amide bonds. The van der Waals surface area contributed by atoms with Crippen molar-refractivity contribution >= 4 is 56.9 Å². The van der Waals surface area contributed by atoms with Gasteiger partial charge in [-0.2, -0.15) is 0 Å². The Morgan fingerprint density at radius 3 is 2.84 bits per heavy atom. The number of fused-ring (bicyclic) bond motifs is 3. The topological polar surface area (TPSA) is 93.1 Å². The van der Waals surface area contributed by atoms with Crippen molar-refractivity contribution in [1.82, 2.24) is 20.2 Å². The number of nitrogens with one attached hydrogen (secondary N) is 2. The zero-order valence-electron chi connectivity index (χ0n) is 17.9. The third kappa shape index (κ3) is 5.02. The van der Waals surface area contributed by atoms with Crippen LogP contribution in [-0.4, -0.2) is 46.0 Å². The monoisotopic (exact) mass is 488 g/mol. The molecule has 0 spiro atoms. The number of thiophene rings is 1. The Kier molecular flexibility index (Phi) is 7.22. The van der Waals surface area contributed by atoms with E-state index in [1.807, 2.05) is 31.2 Å². The second-order valence-corrected chi connectivity index (χ2v) is 10.8. The molecule has 2 aromatic heterocycles. The summed E-state index contributed by atoms with van der Waals surface area (Å²) >= 11 is 4.61. The van der Waals surface area contributed by atoms with Gasteiger partial charge in [0.1, 0.15) is 4.83 Å². The number of hydrogen-bond acceptors (Lipinski definition) is 7. The zero-order chi connectivity index (χ0) is 22.7. The summed E-state index contributed by atoms with van der Waals surface area (Å²) in [5.41, 5.74) is 2.84. The van der Waals surface area contributed by atoms with Crippen LogP contribution in [-0.2, 0) is 16.0 Å². The van der Waals surface area contributed by atoms with Crippen LogP contribution in [0.15, 0.2) is 38.4 Å². The van der Waals surface area contributed by atoms with E-state index in [2.05, 4.69) is 10.6 Å². The number of amides is 2. The van der Waals surface area contributed by atoms with Gasteiger partial charge < -0.3 is 10.6 Å². The van der Waals surface area contributed by atoms with E-state index >= 15 is 0 Å². The molecule has 3 heterocycles. The van der Waals surface area contributed by atoms with Gasteiger partial charge in [0.05, 0.1) is 21.0 Å². The lowest BCUT2D eigenvalue weighted by Crippen LogP contribution is -2.34. The number of aromatic nitrogens is 2. The van der Waals surface area contributed by atoms with Crippen molar-refractivity contribution in [3.8, 4) is 5.69 Å². The van der Waals surface area contributed by atoms with Crippen molar-refractivity contribution in [2.75, 3.05) is 24.6 Å². The lowest BCUT2D eigenvalue weighted by molar-refractivity contribution is -0.120. The van der Waals surface area contributed by atoms with Crippen LogP contribution in [0.4, 0.5) is 0 Å². The summed E-state index contributed by atoms with van der Waals surface area (Å²) in [5, 5.41) is 6.64. The van der Waals surface area contributed by atoms with Crippen molar-refractivity contribution in [3.05, 3.63) is 45.7 Å². The van der Waals surface area contributed by atoms with Gasteiger partial charge in [0.2, 0.25) is 11.8 Å². The molecule has 168 valence electrons. The van der Waals surface area contributed by atoms with E-state index in [4.69, 9.17) is 4.98 Å². The molecule has 3 aromatic rings. The molecule has 0 saturated carbocycles. The van der Waals surface area contributed by atoms with Crippen molar-refractivity contribution in [2.24, 2.45) is 0 Å². The number of aryl methyl sites for hydroxylation is 2. The minimum Gasteiger partial charge on any atom is -0.355 e. The number of hydrogen-bond donors (Lipinski definition) is 2. The van der Waals surface area contributed by atoms with E-state index < -0.39 is 0 Å². The fraction of sp³-hybridized carbons (Fsp3) is 0.364. The average Bonchev–Trinajstić information content (AvgIpc) is 3.14.